The average Bonchev–Trinajstić information content (AvgIpc) is 2.99. The maximum Gasteiger partial charge on any atom is 0.407 e. The van der Waals surface area contributed by atoms with Crippen molar-refractivity contribution in [2.75, 3.05) is 19.6 Å². The molecule has 1 saturated heterocycles. The summed E-state index contributed by atoms with van der Waals surface area (Å²) in [5, 5.41) is 14.7. The summed E-state index contributed by atoms with van der Waals surface area (Å²) in [6, 6.07) is 5.36. The van der Waals surface area contributed by atoms with Crippen LogP contribution in [0.25, 0.3) is 11.3 Å². The number of hydrogen-bond donors (Lipinski definition) is 1. The zero-order valence-corrected chi connectivity index (χ0v) is 18.0. The molecule has 1 amide bonds. The van der Waals surface area contributed by atoms with Gasteiger partial charge in [0, 0.05) is 48.8 Å². The molecule has 1 aromatic carbocycles. The first-order chi connectivity index (χ1) is 13.1. The zero-order chi connectivity index (χ0) is 20.6. The van der Waals surface area contributed by atoms with Crippen LogP contribution < -0.4 is 0 Å². The van der Waals surface area contributed by atoms with E-state index >= 15 is 0 Å². The predicted octanol–water partition coefficient (Wildman–Crippen LogP) is 5.35. The molecule has 0 unspecified atom stereocenters. The summed E-state index contributed by atoms with van der Waals surface area (Å²) in [5.41, 5.74) is 1.93. The Kier molecular flexibility index (Phi) is 5.94. The molecule has 0 atom stereocenters. The van der Waals surface area contributed by atoms with Crippen LogP contribution in [0.4, 0.5) is 4.79 Å². The van der Waals surface area contributed by atoms with Crippen molar-refractivity contribution in [3.8, 4) is 11.3 Å². The average molecular weight is 426 g/mol. The monoisotopic (exact) mass is 425 g/mol. The van der Waals surface area contributed by atoms with Gasteiger partial charge in [-0.15, -0.1) is 0 Å². The van der Waals surface area contributed by atoms with Gasteiger partial charge in [0.2, 0.25) is 0 Å². The summed E-state index contributed by atoms with van der Waals surface area (Å²) < 4.78 is 5.69. The van der Waals surface area contributed by atoms with Gasteiger partial charge in [-0.25, -0.2) is 4.79 Å². The number of benzene rings is 1. The van der Waals surface area contributed by atoms with Gasteiger partial charge in [-0.3, -0.25) is 4.90 Å². The van der Waals surface area contributed by atoms with Crippen LogP contribution in [0.15, 0.2) is 22.7 Å². The highest BCUT2D eigenvalue weighted by molar-refractivity contribution is 6.39. The molecule has 0 radical (unpaired) electrons. The van der Waals surface area contributed by atoms with E-state index in [1.54, 1.807) is 18.2 Å². The number of nitrogens with zero attached hydrogens (tertiary/aromatic N) is 3. The van der Waals surface area contributed by atoms with Crippen molar-refractivity contribution in [1.82, 2.24) is 15.0 Å². The van der Waals surface area contributed by atoms with Gasteiger partial charge in [-0.2, -0.15) is 0 Å². The number of piperazine rings is 1. The van der Waals surface area contributed by atoms with Crippen molar-refractivity contribution >= 4 is 29.3 Å². The topological polar surface area (TPSA) is 69.8 Å². The molecule has 0 spiro atoms. The molecule has 1 aromatic heterocycles. The molecular weight excluding hydrogens is 401 g/mol. The van der Waals surface area contributed by atoms with Crippen LogP contribution >= 0.6 is 23.2 Å². The van der Waals surface area contributed by atoms with Gasteiger partial charge in [0.1, 0.15) is 11.5 Å². The van der Waals surface area contributed by atoms with E-state index < -0.39 is 6.09 Å². The van der Waals surface area contributed by atoms with E-state index in [0.29, 0.717) is 47.5 Å². The van der Waals surface area contributed by atoms with Gasteiger partial charge in [-0.05, 0) is 26.0 Å². The Labute approximate surface area is 175 Å². The Balaban J connectivity index is 2.00. The van der Waals surface area contributed by atoms with Crippen molar-refractivity contribution in [2.45, 2.75) is 45.7 Å². The molecule has 0 bridgehead atoms. The summed E-state index contributed by atoms with van der Waals surface area (Å²) in [6.07, 6.45) is -0.885. The lowest BCUT2D eigenvalue weighted by Crippen LogP contribution is -2.59. The normalized spacial score (nSPS) is 17.3. The molecular formula is C20H25Cl2N3O3. The Morgan fingerprint density at radius 2 is 1.93 bits per heavy atom. The third-order valence-corrected chi connectivity index (χ3v) is 5.87. The molecule has 2 aromatic rings. The van der Waals surface area contributed by atoms with E-state index in [1.807, 2.05) is 13.8 Å². The Morgan fingerprint density at radius 1 is 1.29 bits per heavy atom. The van der Waals surface area contributed by atoms with Gasteiger partial charge < -0.3 is 14.5 Å². The van der Waals surface area contributed by atoms with E-state index in [-0.39, 0.29) is 11.5 Å². The molecule has 8 heteroatoms. The molecule has 152 valence electrons. The van der Waals surface area contributed by atoms with Crippen LogP contribution in [-0.4, -0.2) is 51.3 Å². The minimum atomic E-state index is -0.885. The number of amides is 1. The van der Waals surface area contributed by atoms with Gasteiger partial charge >= 0.3 is 6.09 Å². The fourth-order valence-corrected chi connectivity index (χ4v) is 4.26. The van der Waals surface area contributed by atoms with Crippen LogP contribution in [0.5, 0.6) is 0 Å². The first kappa shape index (κ1) is 21.0. The Hall–Kier alpha value is -1.76. The summed E-state index contributed by atoms with van der Waals surface area (Å²) in [7, 11) is 0. The molecule has 6 nitrogen and oxygen atoms in total. The van der Waals surface area contributed by atoms with Crippen molar-refractivity contribution in [2.24, 2.45) is 0 Å². The fraction of sp³-hybridized carbons (Fsp3) is 0.500. The Morgan fingerprint density at radius 3 is 2.46 bits per heavy atom. The third kappa shape index (κ3) is 4.00. The minimum absolute atomic E-state index is 0.140. The van der Waals surface area contributed by atoms with E-state index in [2.05, 4.69) is 23.9 Å². The Bertz CT molecular complexity index is 859. The first-order valence-corrected chi connectivity index (χ1v) is 10.0. The van der Waals surface area contributed by atoms with Crippen molar-refractivity contribution in [3.05, 3.63) is 39.6 Å². The van der Waals surface area contributed by atoms with E-state index in [4.69, 9.17) is 27.7 Å². The summed E-state index contributed by atoms with van der Waals surface area (Å²) >= 11 is 12.9. The molecule has 1 fully saturated rings. The molecule has 1 aliphatic rings. The second kappa shape index (κ2) is 7.93. The van der Waals surface area contributed by atoms with Crippen LogP contribution in [0.3, 0.4) is 0 Å². The molecule has 0 aliphatic carbocycles. The number of rotatable bonds is 4. The predicted molar refractivity (Wildman–Crippen MR) is 110 cm³/mol. The third-order valence-electron chi connectivity index (χ3n) is 5.24. The van der Waals surface area contributed by atoms with Crippen molar-refractivity contribution in [3.63, 3.8) is 0 Å². The second-order valence-corrected chi connectivity index (χ2v) is 8.88. The highest BCUT2D eigenvalue weighted by atomic mass is 35.5. The number of aromatic nitrogens is 1. The quantitative estimate of drug-likeness (QED) is 0.714. The maximum atomic E-state index is 11.4. The molecule has 1 aliphatic heterocycles. The number of carbonyl (C=O) groups is 1. The lowest BCUT2D eigenvalue weighted by atomic mass is 9.95. The van der Waals surface area contributed by atoms with Crippen LogP contribution in [0.2, 0.25) is 10.0 Å². The molecule has 2 heterocycles. The van der Waals surface area contributed by atoms with Crippen LogP contribution in [-0.2, 0) is 6.54 Å². The minimum Gasteiger partial charge on any atom is -0.465 e. The fourth-order valence-electron chi connectivity index (χ4n) is 3.69. The number of hydrogen-bond acceptors (Lipinski definition) is 4. The molecule has 28 heavy (non-hydrogen) atoms. The summed E-state index contributed by atoms with van der Waals surface area (Å²) in [6.45, 7) is 10.3. The SMILES string of the molecule is CC(C)c1onc(-c2c(Cl)cccc2Cl)c1CN1CCN(C(=O)O)CC1(C)C. The van der Waals surface area contributed by atoms with Gasteiger partial charge in [0.05, 0.1) is 10.0 Å². The zero-order valence-electron chi connectivity index (χ0n) is 16.5. The molecule has 0 saturated carbocycles. The molecule has 3 rings (SSSR count). The first-order valence-electron chi connectivity index (χ1n) is 9.27. The van der Waals surface area contributed by atoms with E-state index in [0.717, 1.165) is 11.3 Å². The van der Waals surface area contributed by atoms with Crippen molar-refractivity contribution < 1.29 is 14.4 Å². The molecule has 1 N–H and O–H groups in total. The van der Waals surface area contributed by atoms with Gasteiger partial charge in [0.15, 0.2) is 0 Å². The highest BCUT2D eigenvalue weighted by Crippen LogP contribution is 2.39. The number of halogens is 2. The van der Waals surface area contributed by atoms with E-state index in [1.165, 1.54) is 4.90 Å². The lowest BCUT2D eigenvalue weighted by molar-refractivity contribution is 0.0178. The smallest absolute Gasteiger partial charge is 0.407 e. The summed E-state index contributed by atoms with van der Waals surface area (Å²) in [5.74, 6) is 0.934. The van der Waals surface area contributed by atoms with Crippen LogP contribution in [0.1, 0.15) is 44.9 Å². The second-order valence-electron chi connectivity index (χ2n) is 8.06. The van der Waals surface area contributed by atoms with Gasteiger partial charge in [-0.1, -0.05) is 48.3 Å². The van der Waals surface area contributed by atoms with Crippen LogP contribution in [0, 0.1) is 0 Å². The standard InChI is InChI=1S/C20H25Cl2N3O3/c1-12(2)18-13(10-25-9-8-24(19(26)27)11-20(25,3)4)17(23-28-18)16-14(21)6-5-7-15(16)22/h5-7,12H,8-11H2,1-4H3,(H,26,27). The van der Waals surface area contributed by atoms with Gasteiger partial charge in [0.25, 0.3) is 0 Å². The maximum absolute atomic E-state index is 11.4. The highest BCUT2D eigenvalue weighted by Gasteiger charge is 2.37. The largest absolute Gasteiger partial charge is 0.465 e. The number of carboxylic acid groups (broad SMARTS) is 1. The van der Waals surface area contributed by atoms with Crippen molar-refractivity contribution in [1.29, 1.82) is 0 Å². The lowest BCUT2D eigenvalue weighted by Gasteiger charge is -2.46. The summed E-state index contributed by atoms with van der Waals surface area (Å²) in [4.78, 5) is 15.1. The van der Waals surface area contributed by atoms with E-state index in [9.17, 15) is 9.90 Å².